The predicted molar refractivity (Wildman–Crippen MR) is 86.7 cm³/mol. The van der Waals surface area contributed by atoms with Crippen LogP contribution in [0.3, 0.4) is 0 Å². The standard InChI is InChI=1S/C16H23N3O5/c1-23-16(22)13(9-11-5-3-2-4-6-11)19-15(21)12(18)10-14(20)24-8-7-17/h2-6,12-13H,7-10,17-18H2,1H3,(H,19,21)/t12-,13?/m0/s1. The van der Waals surface area contributed by atoms with Crippen LogP contribution in [0.4, 0.5) is 0 Å². The average molecular weight is 337 g/mol. The van der Waals surface area contributed by atoms with E-state index in [0.29, 0.717) is 0 Å². The zero-order valence-corrected chi connectivity index (χ0v) is 13.6. The molecule has 2 atom stereocenters. The van der Waals surface area contributed by atoms with Gasteiger partial charge in [-0.05, 0) is 5.56 Å². The number of nitrogens with two attached hydrogens (primary N) is 2. The fourth-order valence-electron chi connectivity index (χ4n) is 1.97. The Morgan fingerprint density at radius 3 is 2.46 bits per heavy atom. The van der Waals surface area contributed by atoms with Crippen LogP contribution in [0.2, 0.25) is 0 Å². The van der Waals surface area contributed by atoms with E-state index in [0.717, 1.165) is 5.56 Å². The van der Waals surface area contributed by atoms with Gasteiger partial charge in [-0.25, -0.2) is 4.79 Å². The SMILES string of the molecule is COC(=O)C(Cc1ccccc1)NC(=O)[C@@H](N)CC(=O)OCCN. The van der Waals surface area contributed by atoms with Crippen LogP contribution in [0.5, 0.6) is 0 Å². The largest absolute Gasteiger partial charge is 0.467 e. The molecule has 0 fully saturated rings. The molecule has 0 heterocycles. The van der Waals surface area contributed by atoms with E-state index in [1.807, 2.05) is 30.3 Å². The highest BCUT2D eigenvalue weighted by molar-refractivity contribution is 5.90. The van der Waals surface area contributed by atoms with Crippen LogP contribution < -0.4 is 16.8 Å². The highest BCUT2D eigenvalue weighted by atomic mass is 16.5. The Morgan fingerprint density at radius 1 is 1.21 bits per heavy atom. The number of hydrogen-bond donors (Lipinski definition) is 3. The van der Waals surface area contributed by atoms with Crippen LogP contribution in [0.15, 0.2) is 30.3 Å². The number of amides is 1. The van der Waals surface area contributed by atoms with E-state index < -0.39 is 29.9 Å². The van der Waals surface area contributed by atoms with E-state index in [1.165, 1.54) is 7.11 Å². The lowest BCUT2D eigenvalue weighted by atomic mass is 10.1. The second-order valence-corrected chi connectivity index (χ2v) is 5.09. The first-order valence-corrected chi connectivity index (χ1v) is 7.51. The van der Waals surface area contributed by atoms with Gasteiger partial charge in [0, 0.05) is 13.0 Å². The molecule has 1 amide bonds. The first-order valence-electron chi connectivity index (χ1n) is 7.51. The average Bonchev–Trinajstić information content (AvgIpc) is 2.59. The molecule has 8 nitrogen and oxygen atoms in total. The first-order chi connectivity index (χ1) is 11.5. The summed E-state index contributed by atoms with van der Waals surface area (Å²) < 4.78 is 9.47. The first kappa shape index (κ1) is 19.6. The van der Waals surface area contributed by atoms with Crippen LogP contribution in [0, 0.1) is 0 Å². The van der Waals surface area contributed by atoms with E-state index >= 15 is 0 Å². The minimum Gasteiger partial charge on any atom is -0.467 e. The highest BCUT2D eigenvalue weighted by Crippen LogP contribution is 2.05. The molecule has 132 valence electrons. The number of esters is 2. The molecule has 0 spiro atoms. The van der Waals surface area contributed by atoms with Crippen molar-refractivity contribution in [2.45, 2.75) is 24.9 Å². The van der Waals surface area contributed by atoms with Crippen molar-refractivity contribution < 1.29 is 23.9 Å². The van der Waals surface area contributed by atoms with Gasteiger partial charge in [0.05, 0.1) is 19.6 Å². The van der Waals surface area contributed by atoms with Gasteiger partial charge < -0.3 is 26.3 Å². The third kappa shape index (κ3) is 6.76. The van der Waals surface area contributed by atoms with Crippen LogP contribution >= 0.6 is 0 Å². The monoisotopic (exact) mass is 337 g/mol. The van der Waals surface area contributed by atoms with Crippen molar-refractivity contribution >= 4 is 17.8 Å². The second kappa shape index (κ2) is 10.3. The minimum absolute atomic E-state index is 0.0615. The van der Waals surface area contributed by atoms with Gasteiger partial charge in [0.15, 0.2) is 0 Å². The summed E-state index contributed by atoms with van der Waals surface area (Å²) in [6.45, 7) is 0.251. The lowest BCUT2D eigenvalue weighted by Gasteiger charge is -2.19. The summed E-state index contributed by atoms with van der Waals surface area (Å²) in [6, 6.07) is 7.13. The molecule has 0 radical (unpaired) electrons. The van der Waals surface area contributed by atoms with Crippen LogP contribution in [-0.2, 0) is 30.3 Å². The maximum absolute atomic E-state index is 12.1. The molecule has 24 heavy (non-hydrogen) atoms. The number of carbonyl (C=O) groups is 3. The summed E-state index contributed by atoms with van der Waals surface area (Å²) in [5.74, 6) is -1.85. The summed E-state index contributed by atoms with van der Waals surface area (Å²) in [7, 11) is 1.23. The molecule has 0 saturated carbocycles. The number of benzene rings is 1. The van der Waals surface area contributed by atoms with Gasteiger partial charge in [0.25, 0.3) is 0 Å². The molecule has 1 unspecified atom stereocenters. The Kier molecular flexibility index (Phi) is 8.45. The molecule has 5 N–H and O–H groups in total. The molecular formula is C16H23N3O5. The predicted octanol–water partition coefficient (Wildman–Crippen LogP) is -0.894. The van der Waals surface area contributed by atoms with Crippen molar-refractivity contribution in [1.29, 1.82) is 0 Å². The molecule has 0 aliphatic rings. The number of nitrogens with one attached hydrogen (secondary N) is 1. The molecule has 1 rings (SSSR count). The second-order valence-electron chi connectivity index (χ2n) is 5.09. The van der Waals surface area contributed by atoms with Crippen molar-refractivity contribution in [3.63, 3.8) is 0 Å². The molecule has 0 aromatic heterocycles. The van der Waals surface area contributed by atoms with Gasteiger partial charge >= 0.3 is 11.9 Å². The number of methoxy groups -OCH3 is 1. The van der Waals surface area contributed by atoms with Gasteiger partial charge in [-0.1, -0.05) is 30.3 Å². The fourth-order valence-corrected chi connectivity index (χ4v) is 1.97. The van der Waals surface area contributed by atoms with E-state index in [4.69, 9.17) is 20.9 Å². The summed E-state index contributed by atoms with van der Waals surface area (Å²) in [5, 5.41) is 2.51. The lowest BCUT2D eigenvalue weighted by Crippen LogP contribution is -2.50. The smallest absolute Gasteiger partial charge is 0.328 e. The Morgan fingerprint density at radius 2 is 1.88 bits per heavy atom. The van der Waals surface area contributed by atoms with Gasteiger partial charge in [-0.3, -0.25) is 9.59 Å². The molecule has 1 aromatic rings. The van der Waals surface area contributed by atoms with E-state index in [2.05, 4.69) is 5.32 Å². The normalized spacial score (nSPS) is 12.8. The molecule has 0 aliphatic carbocycles. The minimum atomic E-state index is -1.13. The van der Waals surface area contributed by atoms with Crippen LogP contribution in [0.1, 0.15) is 12.0 Å². The van der Waals surface area contributed by atoms with Gasteiger partial charge in [0.1, 0.15) is 12.6 Å². The summed E-state index contributed by atoms with van der Waals surface area (Å²) in [6.07, 6.45) is -0.0470. The number of hydrogen-bond acceptors (Lipinski definition) is 7. The molecule has 0 bridgehead atoms. The molecule has 8 heteroatoms. The van der Waals surface area contributed by atoms with Gasteiger partial charge in [-0.2, -0.15) is 0 Å². The van der Waals surface area contributed by atoms with Crippen molar-refractivity contribution in [2.75, 3.05) is 20.3 Å². The molecule has 0 saturated heterocycles. The summed E-state index contributed by atoms with van der Waals surface area (Å²) >= 11 is 0. The van der Waals surface area contributed by atoms with E-state index in [-0.39, 0.29) is 26.0 Å². The Labute approximate surface area is 140 Å². The van der Waals surface area contributed by atoms with Crippen molar-refractivity contribution in [3.05, 3.63) is 35.9 Å². The lowest BCUT2D eigenvalue weighted by molar-refractivity contribution is -0.146. The zero-order valence-electron chi connectivity index (χ0n) is 13.6. The zero-order chi connectivity index (χ0) is 17.9. The highest BCUT2D eigenvalue weighted by Gasteiger charge is 2.26. The molecular weight excluding hydrogens is 314 g/mol. The number of carbonyl (C=O) groups excluding carboxylic acids is 3. The maximum atomic E-state index is 12.1. The number of ether oxygens (including phenoxy) is 2. The third-order valence-electron chi connectivity index (χ3n) is 3.19. The Balaban J connectivity index is 2.63. The van der Waals surface area contributed by atoms with Crippen molar-refractivity contribution in [2.24, 2.45) is 11.5 Å². The van der Waals surface area contributed by atoms with Gasteiger partial charge in [0.2, 0.25) is 5.91 Å². The fraction of sp³-hybridized carbons (Fsp3) is 0.438. The van der Waals surface area contributed by atoms with Crippen LogP contribution in [0.25, 0.3) is 0 Å². The molecule has 1 aromatic carbocycles. The van der Waals surface area contributed by atoms with Crippen LogP contribution in [-0.4, -0.2) is 50.2 Å². The topological polar surface area (TPSA) is 134 Å². The summed E-state index contributed by atoms with van der Waals surface area (Å²) in [4.78, 5) is 35.4. The molecule has 0 aliphatic heterocycles. The number of rotatable bonds is 9. The van der Waals surface area contributed by atoms with Crippen molar-refractivity contribution in [1.82, 2.24) is 5.32 Å². The summed E-state index contributed by atoms with van der Waals surface area (Å²) in [5.41, 5.74) is 11.7. The van der Waals surface area contributed by atoms with E-state index in [9.17, 15) is 14.4 Å². The Hall–Kier alpha value is -2.45. The van der Waals surface area contributed by atoms with Crippen molar-refractivity contribution in [3.8, 4) is 0 Å². The third-order valence-corrected chi connectivity index (χ3v) is 3.19. The maximum Gasteiger partial charge on any atom is 0.328 e. The van der Waals surface area contributed by atoms with Gasteiger partial charge in [-0.15, -0.1) is 0 Å². The quantitative estimate of drug-likeness (QED) is 0.497. The Bertz CT molecular complexity index is 550. The van der Waals surface area contributed by atoms with E-state index in [1.54, 1.807) is 0 Å².